The predicted molar refractivity (Wildman–Crippen MR) is 87.5 cm³/mol. The maximum atomic E-state index is 12.3. The van der Waals surface area contributed by atoms with Crippen molar-refractivity contribution in [3.8, 4) is 5.75 Å². The molecule has 0 saturated carbocycles. The minimum absolute atomic E-state index is 0.126. The highest BCUT2D eigenvalue weighted by Gasteiger charge is 2.26. The molecule has 0 bridgehead atoms. The van der Waals surface area contributed by atoms with Gasteiger partial charge in [0, 0.05) is 30.9 Å². The number of ether oxygens (including phenoxy) is 2. The molecular weight excluding hydrogens is 318 g/mol. The monoisotopic (exact) mass is 342 g/mol. The lowest BCUT2D eigenvalue weighted by Gasteiger charge is -2.34. The molecule has 1 aliphatic rings. The highest BCUT2D eigenvalue weighted by Crippen LogP contribution is 2.23. The molecule has 1 saturated heterocycles. The first-order valence-electron chi connectivity index (χ1n) is 8.02. The Morgan fingerprint density at radius 2 is 1.96 bits per heavy atom. The predicted octanol–water partition coefficient (Wildman–Crippen LogP) is 4.10. The van der Waals surface area contributed by atoms with Gasteiger partial charge in [0.05, 0.1) is 0 Å². The standard InChI is InChI=1S/C17H24F2N2O3/c1-17(2,3)24-16(22)21-9-7-12(8-10-21)20-13-5-4-6-14(11-13)23-15(18)19/h4-6,11-12,15,20H,7-10H2,1-3H3. The van der Waals surface area contributed by atoms with Gasteiger partial charge < -0.3 is 19.7 Å². The zero-order valence-corrected chi connectivity index (χ0v) is 14.2. The summed E-state index contributed by atoms with van der Waals surface area (Å²) in [6.45, 7) is 3.88. The van der Waals surface area contributed by atoms with E-state index in [-0.39, 0.29) is 17.9 Å². The SMILES string of the molecule is CC(C)(C)OC(=O)N1CCC(Nc2cccc(OC(F)F)c2)CC1. The highest BCUT2D eigenvalue weighted by atomic mass is 19.3. The summed E-state index contributed by atoms with van der Waals surface area (Å²) >= 11 is 0. The second-order valence-electron chi connectivity index (χ2n) is 6.79. The van der Waals surface area contributed by atoms with Crippen LogP contribution >= 0.6 is 0 Å². The van der Waals surface area contributed by atoms with Gasteiger partial charge in [0.25, 0.3) is 0 Å². The number of nitrogens with one attached hydrogen (secondary N) is 1. The van der Waals surface area contributed by atoms with Gasteiger partial charge in [0.15, 0.2) is 0 Å². The second kappa shape index (κ2) is 7.68. The summed E-state index contributed by atoms with van der Waals surface area (Å²) < 4.78 is 34.3. The summed E-state index contributed by atoms with van der Waals surface area (Å²) in [5.74, 6) is 0.126. The van der Waals surface area contributed by atoms with Crippen molar-refractivity contribution in [1.82, 2.24) is 4.90 Å². The molecule has 1 N–H and O–H groups in total. The van der Waals surface area contributed by atoms with Gasteiger partial charge in [-0.25, -0.2) is 4.79 Å². The molecule has 0 aromatic heterocycles. The van der Waals surface area contributed by atoms with Gasteiger partial charge in [-0.2, -0.15) is 8.78 Å². The maximum Gasteiger partial charge on any atom is 0.410 e. The van der Waals surface area contributed by atoms with E-state index in [0.29, 0.717) is 13.1 Å². The Labute approximate surface area is 140 Å². The molecule has 0 unspecified atom stereocenters. The van der Waals surface area contributed by atoms with Crippen LogP contribution in [0.15, 0.2) is 24.3 Å². The molecule has 0 radical (unpaired) electrons. The summed E-state index contributed by atoms with van der Waals surface area (Å²) in [6.07, 6.45) is 1.23. The number of halogens is 2. The zero-order chi connectivity index (χ0) is 17.7. The molecule has 1 heterocycles. The normalized spacial score (nSPS) is 16.2. The van der Waals surface area contributed by atoms with E-state index < -0.39 is 12.2 Å². The Bertz CT molecular complexity index is 553. The molecular formula is C17H24F2N2O3. The first-order valence-corrected chi connectivity index (χ1v) is 8.02. The average Bonchev–Trinajstić information content (AvgIpc) is 2.46. The number of likely N-dealkylation sites (tertiary alicyclic amines) is 1. The van der Waals surface area contributed by atoms with Crippen molar-refractivity contribution in [2.24, 2.45) is 0 Å². The van der Waals surface area contributed by atoms with Crippen LogP contribution in [0.1, 0.15) is 33.6 Å². The van der Waals surface area contributed by atoms with E-state index in [0.717, 1.165) is 18.5 Å². The number of carbonyl (C=O) groups excluding carboxylic acids is 1. The number of amides is 1. The molecule has 1 aromatic carbocycles. The Kier molecular flexibility index (Phi) is 5.85. The van der Waals surface area contributed by atoms with Crippen LogP contribution in [0.3, 0.4) is 0 Å². The third-order valence-corrected chi connectivity index (χ3v) is 3.58. The van der Waals surface area contributed by atoms with Crippen LogP contribution in [0.4, 0.5) is 19.3 Å². The Balaban J connectivity index is 1.84. The van der Waals surface area contributed by atoms with Gasteiger partial charge in [-0.1, -0.05) is 6.07 Å². The summed E-state index contributed by atoms with van der Waals surface area (Å²) in [5, 5.41) is 3.30. The topological polar surface area (TPSA) is 50.8 Å². The van der Waals surface area contributed by atoms with E-state index >= 15 is 0 Å². The summed E-state index contributed by atoms with van der Waals surface area (Å²) in [6, 6.07) is 6.68. The Morgan fingerprint density at radius 1 is 1.29 bits per heavy atom. The van der Waals surface area contributed by atoms with Crippen molar-refractivity contribution in [3.05, 3.63) is 24.3 Å². The van der Waals surface area contributed by atoms with Crippen molar-refractivity contribution in [2.75, 3.05) is 18.4 Å². The van der Waals surface area contributed by atoms with Crippen LogP contribution in [-0.2, 0) is 4.74 Å². The number of carbonyl (C=O) groups is 1. The molecule has 1 amide bonds. The number of hydrogen-bond acceptors (Lipinski definition) is 4. The van der Waals surface area contributed by atoms with Gasteiger partial charge in [0.2, 0.25) is 0 Å². The molecule has 1 fully saturated rings. The van der Waals surface area contributed by atoms with Crippen LogP contribution in [0.2, 0.25) is 0 Å². The minimum Gasteiger partial charge on any atom is -0.444 e. The molecule has 0 atom stereocenters. The van der Waals surface area contributed by atoms with Crippen molar-refractivity contribution in [3.63, 3.8) is 0 Å². The zero-order valence-electron chi connectivity index (χ0n) is 14.2. The first-order chi connectivity index (χ1) is 11.2. The highest BCUT2D eigenvalue weighted by molar-refractivity contribution is 5.68. The number of anilines is 1. The molecule has 1 aromatic rings. The maximum absolute atomic E-state index is 12.3. The van der Waals surface area contributed by atoms with E-state index in [1.165, 1.54) is 6.07 Å². The lowest BCUT2D eigenvalue weighted by atomic mass is 10.0. The molecule has 2 rings (SSSR count). The minimum atomic E-state index is -2.84. The van der Waals surface area contributed by atoms with E-state index in [9.17, 15) is 13.6 Å². The third kappa shape index (κ3) is 5.86. The van der Waals surface area contributed by atoms with Crippen LogP contribution in [-0.4, -0.2) is 42.3 Å². The quantitative estimate of drug-likeness (QED) is 0.895. The van der Waals surface area contributed by atoms with E-state index in [4.69, 9.17) is 4.74 Å². The van der Waals surface area contributed by atoms with Gasteiger partial charge in [0.1, 0.15) is 11.4 Å². The van der Waals surface area contributed by atoms with Crippen LogP contribution in [0.25, 0.3) is 0 Å². The molecule has 5 nitrogen and oxygen atoms in total. The van der Waals surface area contributed by atoms with Crippen molar-refractivity contribution >= 4 is 11.8 Å². The van der Waals surface area contributed by atoms with E-state index in [1.807, 2.05) is 20.8 Å². The number of benzene rings is 1. The Hall–Kier alpha value is -2.05. The molecule has 134 valence electrons. The number of alkyl halides is 2. The van der Waals surface area contributed by atoms with Gasteiger partial charge >= 0.3 is 12.7 Å². The summed E-state index contributed by atoms with van der Waals surface area (Å²) in [4.78, 5) is 13.7. The fourth-order valence-corrected chi connectivity index (χ4v) is 2.53. The molecule has 1 aliphatic heterocycles. The molecule has 0 spiro atoms. The number of rotatable bonds is 4. The first kappa shape index (κ1) is 18.3. The van der Waals surface area contributed by atoms with Crippen molar-refractivity contribution < 1.29 is 23.0 Å². The molecule has 0 aliphatic carbocycles. The van der Waals surface area contributed by atoms with Crippen LogP contribution in [0.5, 0.6) is 5.75 Å². The largest absolute Gasteiger partial charge is 0.444 e. The number of nitrogens with zero attached hydrogens (tertiary/aromatic N) is 1. The summed E-state index contributed by atoms with van der Waals surface area (Å²) in [5.41, 5.74) is 0.223. The number of hydrogen-bond donors (Lipinski definition) is 1. The van der Waals surface area contributed by atoms with E-state index in [1.54, 1.807) is 23.1 Å². The lowest BCUT2D eigenvalue weighted by molar-refractivity contribution is -0.0498. The van der Waals surface area contributed by atoms with E-state index in [2.05, 4.69) is 10.1 Å². The third-order valence-electron chi connectivity index (χ3n) is 3.58. The second-order valence-corrected chi connectivity index (χ2v) is 6.79. The van der Waals surface area contributed by atoms with Gasteiger partial charge in [-0.05, 0) is 45.7 Å². The lowest BCUT2D eigenvalue weighted by Crippen LogP contribution is -2.44. The van der Waals surface area contributed by atoms with Crippen molar-refractivity contribution in [2.45, 2.75) is 51.9 Å². The average molecular weight is 342 g/mol. The fourth-order valence-electron chi connectivity index (χ4n) is 2.53. The van der Waals surface area contributed by atoms with Crippen LogP contribution in [0, 0.1) is 0 Å². The number of piperidine rings is 1. The summed E-state index contributed by atoms with van der Waals surface area (Å²) in [7, 11) is 0. The van der Waals surface area contributed by atoms with Crippen molar-refractivity contribution in [1.29, 1.82) is 0 Å². The molecule has 24 heavy (non-hydrogen) atoms. The van der Waals surface area contributed by atoms with Gasteiger partial charge in [-0.3, -0.25) is 0 Å². The Morgan fingerprint density at radius 3 is 2.54 bits per heavy atom. The smallest absolute Gasteiger partial charge is 0.410 e. The van der Waals surface area contributed by atoms with Crippen LogP contribution < -0.4 is 10.1 Å². The van der Waals surface area contributed by atoms with Gasteiger partial charge in [-0.15, -0.1) is 0 Å². The fraction of sp³-hybridized carbons (Fsp3) is 0.588. The molecule has 7 heteroatoms.